The molecule has 7 nitrogen and oxygen atoms in total. The van der Waals surface area contributed by atoms with Gasteiger partial charge in [0.2, 0.25) is 0 Å². The maximum atomic E-state index is 13.3. The molecule has 1 aliphatic rings. The standard InChI is InChI=1S/C26H23N3O4/c1-17(19-11-12-22-23(15-19)33-14-13-32-22)27-25(30)24-20-9-5-6-10-21(20)26(31)29(28-24)16-18-7-3-2-4-8-18/h2-12,15,17H,13-14,16H2,1H3,(H,27,30)/t17-/m0/s1. The van der Waals surface area contributed by atoms with Crippen LogP contribution in [0.5, 0.6) is 11.5 Å². The minimum Gasteiger partial charge on any atom is -0.486 e. The van der Waals surface area contributed by atoms with Crippen molar-refractivity contribution in [1.82, 2.24) is 15.1 Å². The predicted molar refractivity (Wildman–Crippen MR) is 125 cm³/mol. The van der Waals surface area contributed by atoms with Crippen LogP contribution in [0.3, 0.4) is 0 Å². The lowest BCUT2D eigenvalue weighted by Gasteiger charge is -2.21. The molecule has 0 saturated carbocycles. The lowest BCUT2D eigenvalue weighted by Crippen LogP contribution is -2.32. The summed E-state index contributed by atoms with van der Waals surface area (Å²) in [7, 11) is 0. The van der Waals surface area contributed by atoms with Crippen molar-refractivity contribution in [3.05, 3.63) is 100.0 Å². The van der Waals surface area contributed by atoms with E-state index >= 15 is 0 Å². The van der Waals surface area contributed by atoms with E-state index in [-0.39, 0.29) is 29.7 Å². The second-order valence-corrected chi connectivity index (χ2v) is 7.94. The molecule has 2 heterocycles. The number of rotatable bonds is 5. The first-order valence-electron chi connectivity index (χ1n) is 10.8. The molecule has 0 aliphatic carbocycles. The van der Waals surface area contributed by atoms with E-state index in [0.717, 1.165) is 11.1 Å². The quantitative estimate of drug-likeness (QED) is 0.511. The Morgan fingerprint density at radius 2 is 1.67 bits per heavy atom. The van der Waals surface area contributed by atoms with Gasteiger partial charge in [-0.05, 0) is 36.2 Å². The Labute approximate surface area is 190 Å². The van der Waals surface area contributed by atoms with Gasteiger partial charge in [-0.15, -0.1) is 0 Å². The highest BCUT2D eigenvalue weighted by molar-refractivity contribution is 6.04. The van der Waals surface area contributed by atoms with Crippen molar-refractivity contribution in [2.24, 2.45) is 0 Å². The summed E-state index contributed by atoms with van der Waals surface area (Å²) >= 11 is 0. The van der Waals surface area contributed by atoms with Crippen LogP contribution in [-0.2, 0) is 6.54 Å². The van der Waals surface area contributed by atoms with E-state index in [1.165, 1.54) is 4.68 Å². The number of carbonyl (C=O) groups excluding carboxylic acids is 1. The molecule has 33 heavy (non-hydrogen) atoms. The molecule has 3 aromatic carbocycles. The molecule has 1 N–H and O–H groups in total. The molecule has 0 spiro atoms. The molecule has 1 aliphatic heterocycles. The van der Waals surface area contributed by atoms with Crippen molar-refractivity contribution in [1.29, 1.82) is 0 Å². The normalized spacial score (nSPS) is 13.5. The zero-order chi connectivity index (χ0) is 22.8. The maximum Gasteiger partial charge on any atom is 0.274 e. The summed E-state index contributed by atoms with van der Waals surface area (Å²) < 4.78 is 12.6. The number of amides is 1. The van der Waals surface area contributed by atoms with E-state index in [1.807, 2.05) is 55.5 Å². The van der Waals surface area contributed by atoms with Crippen LogP contribution in [0.15, 0.2) is 77.6 Å². The Kier molecular flexibility index (Phi) is 5.52. The van der Waals surface area contributed by atoms with Gasteiger partial charge in [0, 0.05) is 5.39 Å². The number of hydrogen-bond donors (Lipinski definition) is 1. The fraction of sp³-hybridized carbons (Fsp3) is 0.192. The SMILES string of the molecule is C[C@H](NC(=O)c1nn(Cc2ccccc2)c(=O)c2ccccc12)c1ccc2c(c1)OCCO2. The minimum absolute atomic E-state index is 0.213. The monoisotopic (exact) mass is 441 g/mol. The Balaban J connectivity index is 1.47. The topological polar surface area (TPSA) is 82.5 Å². The Morgan fingerprint density at radius 1 is 0.970 bits per heavy atom. The number of nitrogens with zero attached hydrogens (tertiary/aromatic N) is 2. The van der Waals surface area contributed by atoms with Crippen molar-refractivity contribution in [3.8, 4) is 11.5 Å². The highest BCUT2D eigenvalue weighted by Crippen LogP contribution is 2.32. The van der Waals surface area contributed by atoms with Gasteiger partial charge in [0.25, 0.3) is 11.5 Å². The number of benzene rings is 3. The first kappa shape index (κ1) is 20.8. The molecule has 0 fully saturated rings. The van der Waals surface area contributed by atoms with E-state index in [0.29, 0.717) is 35.5 Å². The number of aromatic nitrogens is 2. The Morgan fingerprint density at radius 3 is 2.45 bits per heavy atom. The molecule has 1 aromatic heterocycles. The molecular weight excluding hydrogens is 418 g/mol. The Hall–Kier alpha value is -4.13. The lowest BCUT2D eigenvalue weighted by molar-refractivity contribution is 0.0934. The van der Waals surface area contributed by atoms with Crippen LogP contribution < -0.4 is 20.3 Å². The maximum absolute atomic E-state index is 13.3. The largest absolute Gasteiger partial charge is 0.486 e. The lowest BCUT2D eigenvalue weighted by atomic mass is 10.1. The van der Waals surface area contributed by atoms with E-state index in [2.05, 4.69) is 10.4 Å². The van der Waals surface area contributed by atoms with Crippen LogP contribution in [-0.4, -0.2) is 28.9 Å². The van der Waals surface area contributed by atoms with Crippen molar-refractivity contribution in [2.45, 2.75) is 19.5 Å². The average molecular weight is 441 g/mol. The number of carbonyl (C=O) groups is 1. The number of ether oxygens (including phenoxy) is 2. The van der Waals surface area contributed by atoms with E-state index in [9.17, 15) is 9.59 Å². The fourth-order valence-electron chi connectivity index (χ4n) is 3.94. The van der Waals surface area contributed by atoms with Crippen molar-refractivity contribution in [2.75, 3.05) is 13.2 Å². The van der Waals surface area contributed by atoms with Crippen LogP contribution in [0.4, 0.5) is 0 Å². The van der Waals surface area contributed by atoms with Gasteiger partial charge in [0.15, 0.2) is 17.2 Å². The molecule has 166 valence electrons. The molecule has 0 unspecified atom stereocenters. The summed E-state index contributed by atoms with van der Waals surface area (Å²) in [6.45, 7) is 3.19. The molecule has 4 aromatic rings. The molecule has 0 saturated heterocycles. The fourth-order valence-corrected chi connectivity index (χ4v) is 3.94. The van der Waals surface area contributed by atoms with Gasteiger partial charge in [-0.25, -0.2) is 4.68 Å². The number of hydrogen-bond acceptors (Lipinski definition) is 5. The van der Waals surface area contributed by atoms with Crippen molar-refractivity contribution >= 4 is 16.7 Å². The molecule has 5 rings (SSSR count). The zero-order valence-electron chi connectivity index (χ0n) is 18.2. The minimum atomic E-state index is -0.351. The summed E-state index contributed by atoms with van der Waals surface area (Å²) in [4.78, 5) is 26.3. The molecule has 1 amide bonds. The first-order chi connectivity index (χ1) is 16.1. The average Bonchev–Trinajstić information content (AvgIpc) is 2.86. The zero-order valence-corrected chi connectivity index (χ0v) is 18.2. The first-order valence-corrected chi connectivity index (χ1v) is 10.8. The summed E-state index contributed by atoms with van der Waals surface area (Å²) in [6.07, 6.45) is 0. The molecule has 0 radical (unpaired) electrons. The van der Waals surface area contributed by atoms with Crippen LogP contribution >= 0.6 is 0 Å². The van der Waals surface area contributed by atoms with Gasteiger partial charge >= 0.3 is 0 Å². The van der Waals surface area contributed by atoms with Gasteiger partial charge in [-0.1, -0.05) is 54.6 Å². The summed E-state index contributed by atoms with van der Waals surface area (Å²) in [5.74, 6) is 1.01. The van der Waals surface area contributed by atoms with Crippen molar-refractivity contribution < 1.29 is 14.3 Å². The predicted octanol–water partition coefficient (Wildman–Crippen LogP) is 3.71. The van der Waals surface area contributed by atoms with Gasteiger partial charge in [0.1, 0.15) is 13.2 Å². The molecule has 1 atom stereocenters. The van der Waals surface area contributed by atoms with E-state index in [4.69, 9.17) is 9.47 Å². The summed E-state index contributed by atoms with van der Waals surface area (Å²) in [5, 5.41) is 8.45. The summed E-state index contributed by atoms with van der Waals surface area (Å²) in [6, 6.07) is 22.0. The van der Waals surface area contributed by atoms with Gasteiger partial charge < -0.3 is 14.8 Å². The van der Waals surface area contributed by atoms with Crippen LogP contribution in [0, 0.1) is 0 Å². The highest BCUT2D eigenvalue weighted by Gasteiger charge is 2.20. The van der Waals surface area contributed by atoms with Gasteiger partial charge in [0.05, 0.1) is 18.0 Å². The third kappa shape index (κ3) is 4.17. The smallest absolute Gasteiger partial charge is 0.274 e. The Bertz CT molecular complexity index is 1380. The summed E-state index contributed by atoms with van der Waals surface area (Å²) in [5.41, 5.74) is 1.80. The number of nitrogens with one attached hydrogen (secondary N) is 1. The van der Waals surface area contributed by atoms with Crippen molar-refractivity contribution in [3.63, 3.8) is 0 Å². The van der Waals surface area contributed by atoms with Gasteiger partial charge in [-0.3, -0.25) is 9.59 Å². The van der Waals surface area contributed by atoms with Crippen LogP contribution in [0.1, 0.15) is 34.6 Å². The van der Waals surface area contributed by atoms with E-state index < -0.39 is 0 Å². The third-order valence-corrected chi connectivity index (χ3v) is 5.67. The van der Waals surface area contributed by atoms with Gasteiger partial charge in [-0.2, -0.15) is 5.10 Å². The number of fused-ring (bicyclic) bond motifs is 2. The second kappa shape index (κ2) is 8.78. The molecule has 7 heteroatoms. The highest BCUT2D eigenvalue weighted by atomic mass is 16.6. The third-order valence-electron chi connectivity index (χ3n) is 5.67. The molecular formula is C26H23N3O4. The molecule has 0 bridgehead atoms. The van der Waals surface area contributed by atoms with Crippen LogP contribution in [0.2, 0.25) is 0 Å². The van der Waals surface area contributed by atoms with E-state index in [1.54, 1.807) is 24.3 Å². The van der Waals surface area contributed by atoms with Crippen LogP contribution in [0.25, 0.3) is 10.8 Å². The second-order valence-electron chi connectivity index (χ2n) is 7.94.